The summed E-state index contributed by atoms with van der Waals surface area (Å²) in [5, 5.41) is 4.96. The van der Waals surface area contributed by atoms with Crippen LogP contribution in [0.1, 0.15) is 56.7 Å². The quantitative estimate of drug-likeness (QED) is 0.893. The highest BCUT2D eigenvalue weighted by Crippen LogP contribution is 2.32. The Bertz CT molecular complexity index is 526. The molecule has 2 aromatic rings. The summed E-state index contributed by atoms with van der Waals surface area (Å²) in [7, 11) is 0. The minimum Gasteiger partial charge on any atom is -0.391 e. The number of aromatic nitrogens is 2. The van der Waals surface area contributed by atoms with Crippen molar-refractivity contribution in [1.82, 2.24) is 10.1 Å². The van der Waals surface area contributed by atoms with Crippen LogP contribution in [0.4, 0.5) is 5.00 Å². The summed E-state index contributed by atoms with van der Waals surface area (Å²) in [6.45, 7) is 0. The van der Waals surface area contributed by atoms with E-state index >= 15 is 0 Å². The van der Waals surface area contributed by atoms with Gasteiger partial charge in [0.25, 0.3) is 5.89 Å². The molecule has 0 aliphatic heterocycles. The molecule has 0 saturated heterocycles. The van der Waals surface area contributed by atoms with Gasteiger partial charge in [-0.2, -0.15) is 4.98 Å². The minimum absolute atomic E-state index is 0.468. The van der Waals surface area contributed by atoms with E-state index in [0.717, 1.165) is 15.7 Å². The number of rotatable bonds is 2. The van der Waals surface area contributed by atoms with Crippen molar-refractivity contribution < 1.29 is 4.52 Å². The first kappa shape index (κ1) is 12.7. The molecule has 4 nitrogen and oxygen atoms in total. The van der Waals surface area contributed by atoms with Crippen LogP contribution in [0.15, 0.2) is 16.7 Å². The van der Waals surface area contributed by atoms with E-state index in [9.17, 15) is 0 Å². The second-order valence-electron chi connectivity index (χ2n) is 5.20. The number of thiophene rings is 1. The topological polar surface area (TPSA) is 64.9 Å². The van der Waals surface area contributed by atoms with Gasteiger partial charge in [-0.25, -0.2) is 0 Å². The maximum absolute atomic E-state index is 5.73. The number of nitrogens with zero attached hydrogens (tertiary/aromatic N) is 2. The third kappa shape index (κ3) is 2.97. The van der Waals surface area contributed by atoms with Gasteiger partial charge in [-0.1, -0.05) is 37.3 Å². The Labute approximate surface area is 117 Å². The molecule has 0 bridgehead atoms. The molecule has 19 heavy (non-hydrogen) atoms. The van der Waals surface area contributed by atoms with Crippen molar-refractivity contribution in [2.24, 2.45) is 0 Å². The molecule has 2 aromatic heterocycles. The van der Waals surface area contributed by atoms with E-state index in [1.54, 1.807) is 0 Å². The zero-order chi connectivity index (χ0) is 13.1. The van der Waals surface area contributed by atoms with E-state index in [1.165, 1.54) is 56.3 Å². The fraction of sp³-hybridized carbons (Fsp3) is 0.571. The monoisotopic (exact) mass is 277 g/mol. The second-order valence-corrected chi connectivity index (χ2v) is 6.32. The SMILES string of the molecule is Nc1ccc(-c2nc(C3CCCCCCC3)no2)s1. The van der Waals surface area contributed by atoms with Crippen LogP contribution < -0.4 is 5.73 Å². The number of hydrogen-bond donors (Lipinski definition) is 1. The number of nitrogens with two attached hydrogens (primary N) is 1. The van der Waals surface area contributed by atoms with Gasteiger partial charge in [-0.15, -0.1) is 11.3 Å². The van der Waals surface area contributed by atoms with Crippen LogP contribution >= 0.6 is 11.3 Å². The summed E-state index contributed by atoms with van der Waals surface area (Å²) in [6, 6.07) is 3.81. The lowest BCUT2D eigenvalue weighted by atomic mass is 9.91. The number of nitrogen functional groups attached to an aromatic ring is 1. The summed E-state index contributed by atoms with van der Waals surface area (Å²) in [5.74, 6) is 1.96. The molecule has 1 aliphatic carbocycles. The Balaban J connectivity index is 1.76. The summed E-state index contributed by atoms with van der Waals surface area (Å²) in [6.07, 6.45) is 8.97. The van der Waals surface area contributed by atoms with Gasteiger partial charge in [-0.05, 0) is 25.0 Å². The molecule has 2 heterocycles. The Morgan fingerprint density at radius 2 is 1.84 bits per heavy atom. The smallest absolute Gasteiger partial charge is 0.268 e. The first-order chi connectivity index (χ1) is 9.33. The van der Waals surface area contributed by atoms with Crippen molar-refractivity contribution in [1.29, 1.82) is 0 Å². The molecular weight excluding hydrogens is 258 g/mol. The standard InChI is InChI=1S/C14H19N3OS/c15-12-9-8-11(19-12)14-16-13(17-18-14)10-6-4-2-1-3-5-7-10/h8-10H,1-7,15H2. The predicted molar refractivity (Wildman–Crippen MR) is 77.1 cm³/mol. The first-order valence-corrected chi connectivity index (χ1v) is 7.84. The number of hydrogen-bond acceptors (Lipinski definition) is 5. The maximum atomic E-state index is 5.73. The fourth-order valence-electron chi connectivity index (χ4n) is 2.68. The summed E-state index contributed by atoms with van der Waals surface area (Å²) in [4.78, 5) is 5.53. The average Bonchev–Trinajstić information content (AvgIpc) is 2.97. The molecule has 1 saturated carbocycles. The summed E-state index contributed by atoms with van der Waals surface area (Å²) < 4.78 is 5.38. The molecule has 0 spiro atoms. The Morgan fingerprint density at radius 3 is 2.53 bits per heavy atom. The predicted octanol–water partition coefficient (Wildman–Crippen LogP) is 4.21. The highest BCUT2D eigenvalue weighted by Gasteiger charge is 2.20. The van der Waals surface area contributed by atoms with Crippen molar-refractivity contribution in [3.8, 4) is 10.8 Å². The molecule has 0 aromatic carbocycles. The molecule has 5 heteroatoms. The molecule has 102 valence electrons. The van der Waals surface area contributed by atoms with Crippen LogP contribution in [0.25, 0.3) is 10.8 Å². The molecule has 0 atom stereocenters. The lowest BCUT2D eigenvalue weighted by Crippen LogP contribution is -2.04. The summed E-state index contributed by atoms with van der Waals surface area (Å²) in [5.41, 5.74) is 5.73. The van der Waals surface area contributed by atoms with Crippen LogP contribution in [0, 0.1) is 0 Å². The van der Waals surface area contributed by atoms with Gasteiger partial charge < -0.3 is 10.3 Å². The average molecular weight is 277 g/mol. The van der Waals surface area contributed by atoms with Crippen LogP contribution in [-0.4, -0.2) is 10.1 Å². The molecule has 2 N–H and O–H groups in total. The van der Waals surface area contributed by atoms with E-state index in [-0.39, 0.29) is 0 Å². The lowest BCUT2D eigenvalue weighted by Gasteiger charge is -2.15. The van der Waals surface area contributed by atoms with Gasteiger partial charge in [0.05, 0.1) is 9.88 Å². The first-order valence-electron chi connectivity index (χ1n) is 7.02. The Hall–Kier alpha value is -1.36. The normalized spacial score (nSPS) is 18.1. The van der Waals surface area contributed by atoms with Gasteiger partial charge in [0.1, 0.15) is 0 Å². The van der Waals surface area contributed by atoms with Gasteiger partial charge in [0.15, 0.2) is 5.82 Å². The van der Waals surface area contributed by atoms with Gasteiger partial charge >= 0.3 is 0 Å². The largest absolute Gasteiger partial charge is 0.391 e. The molecule has 0 radical (unpaired) electrons. The number of anilines is 1. The molecular formula is C14H19N3OS. The van der Waals surface area contributed by atoms with Crippen molar-refractivity contribution in [2.45, 2.75) is 50.9 Å². The van der Waals surface area contributed by atoms with Crippen molar-refractivity contribution in [3.63, 3.8) is 0 Å². The molecule has 3 rings (SSSR count). The lowest BCUT2D eigenvalue weighted by molar-refractivity contribution is 0.393. The molecule has 0 amide bonds. The van der Waals surface area contributed by atoms with Crippen LogP contribution in [0.5, 0.6) is 0 Å². The van der Waals surface area contributed by atoms with Gasteiger partial charge in [0.2, 0.25) is 0 Å². The third-order valence-electron chi connectivity index (χ3n) is 3.75. The van der Waals surface area contributed by atoms with E-state index in [1.807, 2.05) is 12.1 Å². The highest BCUT2D eigenvalue weighted by atomic mass is 32.1. The van der Waals surface area contributed by atoms with Gasteiger partial charge in [-0.3, -0.25) is 0 Å². The fourth-order valence-corrected chi connectivity index (χ4v) is 3.38. The highest BCUT2D eigenvalue weighted by molar-refractivity contribution is 7.19. The molecule has 0 unspecified atom stereocenters. The van der Waals surface area contributed by atoms with Crippen molar-refractivity contribution >= 4 is 16.3 Å². The third-order valence-corrected chi connectivity index (χ3v) is 4.65. The van der Waals surface area contributed by atoms with Crippen LogP contribution in [0.2, 0.25) is 0 Å². The van der Waals surface area contributed by atoms with Crippen molar-refractivity contribution in [2.75, 3.05) is 5.73 Å². The minimum atomic E-state index is 0.468. The molecule has 1 aliphatic rings. The van der Waals surface area contributed by atoms with E-state index in [4.69, 9.17) is 10.3 Å². The molecule has 1 fully saturated rings. The Kier molecular flexibility index (Phi) is 3.82. The van der Waals surface area contributed by atoms with Crippen LogP contribution in [0.3, 0.4) is 0 Å². The van der Waals surface area contributed by atoms with E-state index in [2.05, 4.69) is 10.1 Å². The van der Waals surface area contributed by atoms with Gasteiger partial charge in [0, 0.05) is 5.92 Å². The maximum Gasteiger partial charge on any atom is 0.268 e. The Morgan fingerprint density at radius 1 is 1.11 bits per heavy atom. The van der Waals surface area contributed by atoms with E-state index < -0.39 is 0 Å². The zero-order valence-corrected chi connectivity index (χ0v) is 11.8. The van der Waals surface area contributed by atoms with E-state index in [0.29, 0.717) is 11.8 Å². The van der Waals surface area contributed by atoms with Crippen molar-refractivity contribution in [3.05, 3.63) is 18.0 Å². The zero-order valence-electron chi connectivity index (χ0n) is 11.0. The van der Waals surface area contributed by atoms with Crippen LogP contribution in [-0.2, 0) is 0 Å². The second kappa shape index (κ2) is 5.74. The summed E-state index contributed by atoms with van der Waals surface area (Å²) >= 11 is 1.49.